The zero-order chi connectivity index (χ0) is 13.2. The lowest BCUT2D eigenvalue weighted by Crippen LogP contribution is -2.37. The highest BCUT2D eigenvalue weighted by Crippen LogP contribution is 2.33. The van der Waals surface area contributed by atoms with E-state index in [4.69, 9.17) is 10.5 Å². The van der Waals surface area contributed by atoms with Gasteiger partial charge in [0.2, 0.25) is 0 Å². The van der Waals surface area contributed by atoms with Gasteiger partial charge in [0.05, 0.1) is 12.5 Å². The van der Waals surface area contributed by atoms with Gasteiger partial charge in [0.15, 0.2) is 0 Å². The van der Waals surface area contributed by atoms with Crippen LogP contribution in [0.1, 0.15) is 31.0 Å². The number of carbonyl (C=O) groups excluding carboxylic acids is 1. The third-order valence-electron chi connectivity index (χ3n) is 3.03. The average molecular weight is 276 g/mol. The SMILES string of the molecule is COC(=O)C(C)(C)[C@@H](N)c1ccc(F)c(C)c1.Cl. The first-order valence-electron chi connectivity index (χ1n) is 5.40. The van der Waals surface area contributed by atoms with Gasteiger partial charge in [0.25, 0.3) is 0 Å². The molecule has 0 heterocycles. The number of hydrogen-bond donors (Lipinski definition) is 1. The van der Waals surface area contributed by atoms with Crippen LogP contribution in [0.2, 0.25) is 0 Å². The Morgan fingerprint density at radius 1 is 1.44 bits per heavy atom. The zero-order valence-corrected chi connectivity index (χ0v) is 11.8. The van der Waals surface area contributed by atoms with Crippen molar-refractivity contribution in [2.75, 3.05) is 7.11 Å². The quantitative estimate of drug-likeness (QED) is 0.863. The number of carbonyl (C=O) groups is 1. The topological polar surface area (TPSA) is 52.3 Å². The molecule has 1 atom stereocenters. The summed E-state index contributed by atoms with van der Waals surface area (Å²) in [6.07, 6.45) is 0. The van der Waals surface area contributed by atoms with E-state index in [1.165, 1.54) is 13.2 Å². The molecule has 0 aromatic heterocycles. The molecule has 0 unspecified atom stereocenters. The summed E-state index contributed by atoms with van der Waals surface area (Å²) >= 11 is 0. The summed E-state index contributed by atoms with van der Waals surface area (Å²) in [7, 11) is 1.33. The molecule has 0 radical (unpaired) electrons. The molecule has 2 N–H and O–H groups in total. The van der Waals surface area contributed by atoms with Crippen molar-refractivity contribution in [1.82, 2.24) is 0 Å². The van der Waals surface area contributed by atoms with E-state index in [2.05, 4.69) is 0 Å². The number of aryl methyl sites for hydroxylation is 1. The number of ether oxygens (including phenoxy) is 1. The molecule has 18 heavy (non-hydrogen) atoms. The Morgan fingerprint density at radius 2 is 2.00 bits per heavy atom. The minimum absolute atomic E-state index is 0. The summed E-state index contributed by atoms with van der Waals surface area (Å²) in [5.41, 5.74) is 6.43. The molecule has 0 spiro atoms. The van der Waals surface area contributed by atoms with E-state index < -0.39 is 11.5 Å². The van der Waals surface area contributed by atoms with Gasteiger partial charge >= 0.3 is 5.97 Å². The van der Waals surface area contributed by atoms with Gasteiger partial charge in [-0.3, -0.25) is 4.79 Å². The second kappa shape index (κ2) is 6.16. The van der Waals surface area contributed by atoms with Crippen LogP contribution in [0.5, 0.6) is 0 Å². The van der Waals surface area contributed by atoms with Crippen LogP contribution in [-0.4, -0.2) is 13.1 Å². The van der Waals surface area contributed by atoms with Gasteiger partial charge in [0.1, 0.15) is 5.82 Å². The van der Waals surface area contributed by atoms with Crippen molar-refractivity contribution in [2.45, 2.75) is 26.8 Å². The van der Waals surface area contributed by atoms with E-state index in [1.807, 2.05) is 0 Å². The summed E-state index contributed by atoms with van der Waals surface area (Å²) in [4.78, 5) is 11.6. The first-order valence-corrected chi connectivity index (χ1v) is 5.40. The largest absolute Gasteiger partial charge is 0.469 e. The molecule has 0 saturated heterocycles. The fraction of sp³-hybridized carbons (Fsp3) is 0.462. The number of halogens is 2. The van der Waals surface area contributed by atoms with Crippen molar-refractivity contribution in [3.63, 3.8) is 0 Å². The van der Waals surface area contributed by atoms with Gasteiger partial charge in [-0.05, 0) is 38.0 Å². The predicted octanol–water partition coefficient (Wildman–Crippen LogP) is 2.75. The van der Waals surface area contributed by atoms with Gasteiger partial charge in [-0.2, -0.15) is 0 Å². The molecule has 0 fully saturated rings. The van der Waals surface area contributed by atoms with E-state index in [-0.39, 0.29) is 24.2 Å². The van der Waals surface area contributed by atoms with Crippen LogP contribution < -0.4 is 5.73 Å². The lowest BCUT2D eigenvalue weighted by molar-refractivity contribution is -0.152. The van der Waals surface area contributed by atoms with Gasteiger partial charge in [-0.25, -0.2) is 4.39 Å². The number of esters is 1. The predicted molar refractivity (Wildman–Crippen MR) is 71.1 cm³/mol. The summed E-state index contributed by atoms with van der Waals surface area (Å²) in [6.45, 7) is 5.08. The average Bonchev–Trinajstić information content (AvgIpc) is 2.30. The number of rotatable bonds is 3. The fourth-order valence-corrected chi connectivity index (χ4v) is 1.67. The Kier molecular flexibility index (Phi) is 5.77. The van der Waals surface area contributed by atoms with Crippen LogP contribution in [0.3, 0.4) is 0 Å². The molecule has 1 aromatic carbocycles. The maximum Gasteiger partial charge on any atom is 0.313 e. The highest BCUT2D eigenvalue weighted by Gasteiger charge is 2.36. The molecule has 3 nitrogen and oxygen atoms in total. The molecule has 5 heteroatoms. The van der Waals surface area contributed by atoms with Gasteiger partial charge in [0, 0.05) is 6.04 Å². The van der Waals surface area contributed by atoms with E-state index in [0.717, 1.165) is 5.56 Å². The smallest absolute Gasteiger partial charge is 0.313 e. The lowest BCUT2D eigenvalue weighted by Gasteiger charge is -2.29. The first kappa shape index (κ1) is 16.9. The monoisotopic (exact) mass is 275 g/mol. The van der Waals surface area contributed by atoms with Crippen LogP contribution >= 0.6 is 12.4 Å². The van der Waals surface area contributed by atoms with Crippen molar-refractivity contribution >= 4 is 18.4 Å². The third-order valence-corrected chi connectivity index (χ3v) is 3.03. The van der Waals surface area contributed by atoms with Crippen LogP contribution in [-0.2, 0) is 9.53 Å². The van der Waals surface area contributed by atoms with Crippen molar-refractivity contribution in [1.29, 1.82) is 0 Å². The zero-order valence-electron chi connectivity index (χ0n) is 11.0. The third kappa shape index (κ3) is 3.21. The summed E-state index contributed by atoms with van der Waals surface area (Å²) < 4.78 is 17.9. The van der Waals surface area contributed by atoms with Crippen molar-refractivity contribution < 1.29 is 13.9 Å². The Morgan fingerprint density at radius 3 is 2.44 bits per heavy atom. The molecule has 0 amide bonds. The lowest BCUT2D eigenvalue weighted by atomic mass is 9.81. The molecule has 0 saturated carbocycles. The molecular formula is C13H19ClFNO2. The van der Waals surface area contributed by atoms with E-state index in [1.54, 1.807) is 32.9 Å². The van der Waals surface area contributed by atoms with E-state index in [0.29, 0.717) is 5.56 Å². The Hall–Kier alpha value is -1.13. The van der Waals surface area contributed by atoms with Crippen LogP contribution in [0.4, 0.5) is 4.39 Å². The fourth-order valence-electron chi connectivity index (χ4n) is 1.67. The standard InChI is InChI=1S/C13H18FNO2.ClH/c1-8-7-9(5-6-10(8)14)11(15)13(2,3)12(16)17-4;/h5-7,11H,15H2,1-4H3;1H/t11-;/m0./s1. The van der Waals surface area contributed by atoms with Gasteiger partial charge in [-0.15, -0.1) is 12.4 Å². The van der Waals surface area contributed by atoms with Crippen molar-refractivity contribution in [2.24, 2.45) is 11.1 Å². The second-order valence-electron chi connectivity index (χ2n) is 4.70. The first-order chi connectivity index (χ1) is 7.80. The molecule has 102 valence electrons. The highest BCUT2D eigenvalue weighted by molar-refractivity contribution is 5.85. The maximum absolute atomic E-state index is 13.2. The van der Waals surface area contributed by atoms with Crippen molar-refractivity contribution in [3.05, 3.63) is 35.1 Å². The minimum Gasteiger partial charge on any atom is -0.469 e. The molecular weight excluding hydrogens is 257 g/mol. The van der Waals surface area contributed by atoms with E-state index in [9.17, 15) is 9.18 Å². The summed E-state index contributed by atoms with van der Waals surface area (Å²) in [6, 6.07) is 4.08. The molecule has 1 rings (SSSR count). The molecule has 0 aliphatic heterocycles. The van der Waals surface area contributed by atoms with Gasteiger partial charge < -0.3 is 10.5 Å². The normalized spacial score (nSPS) is 12.6. The summed E-state index contributed by atoms with van der Waals surface area (Å²) in [5.74, 6) is -0.663. The maximum atomic E-state index is 13.2. The summed E-state index contributed by atoms with van der Waals surface area (Å²) in [5, 5.41) is 0. The van der Waals surface area contributed by atoms with E-state index >= 15 is 0 Å². The van der Waals surface area contributed by atoms with Crippen LogP contribution in [0, 0.1) is 18.2 Å². The highest BCUT2D eigenvalue weighted by atomic mass is 35.5. The number of hydrogen-bond acceptors (Lipinski definition) is 3. The molecule has 1 aromatic rings. The molecule has 0 aliphatic carbocycles. The van der Waals surface area contributed by atoms with Crippen LogP contribution in [0.15, 0.2) is 18.2 Å². The Balaban J connectivity index is 0.00000289. The number of methoxy groups -OCH3 is 1. The second-order valence-corrected chi connectivity index (χ2v) is 4.70. The Bertz CT molecular complexity index is 435. The minimum atomic E-state index is -0.848. The van der Waals surface area contributed by atoms with Crippen LogP contribution in [0.25, 0.3) is 0 Å². The van der Waals surface area contributed by atoms with Crippen molar-refractivity contribution in [3.8, 4) is 0 Å². The molecule has 0 aliphatic rings. The number of nitrogens with two attached hydrogens (primary N) is 1. The van der Waals surface area contributed by atoms with Gasteiger partial charge in [-0.1, -0.05) is 12.1 Å². The molecule has 0 bridgehead atoms. The Labute approximate surface area is 113 Å². The number of benzene rings is 1.